The highest BCUT2D eigenvalue weighted by atomic mass is 32.1. The lowest BCUT2D eigenvalue weighted by Gasteiger charge is -2.10. The number of carbonyl (C=O) groups is 2. The van der Waals surface area contributed by atoms with Gasteiger partial charge in [-0.05, 0) is 56.7 Å². The van der Waals surface area contributed by atoms with E-state index >= 15 is 0 Å². The summed E-state index contributed by atoms with van der Waals surface area (Å²) in [5, 5.41) is 5.08. The van der Waals surface area contributed by atoms with Crippen molar-refractivity contribution in [3.05, 3.63) is 76.2 Å². The van der Waals surface area contributed by atoms with Gasteiger partial charge in [0.05, 0.1) is 30.0 Å². The molecule has 0 aliphatic heterocycles. The van der Waals surface area contributed by atoms with Gasteiger partial charge in [-0.3, -0.25) is 14.2 Å². The Hall–Kier alpha value is -3.98. The maximum Gasteiger partial charge on any atom is 0.338 e. The van der Waals surface area contributed by atoms with E-state index in [1.165, 1.54) is 28.3 Å². The fourth-order valence-electron chi connectivity index (χ4n) is 3.55. The first kappa shape index (κ1) is 24.2. The van der Waals surface area contributed by atoms with E-state index in [1.807, 2.05) is 36.6 Å². The monoisotopic (exact) mass is 491 g/mol. The molecule has 0 unspecified atom stereocenters. The third-order valence-corrected chi connectivity index (χ3v) is 5.96. The molecule has 180 valence electrons. The average molecular weight is 492 g/mol. The molecule has 4 rings (SSSR count). The first-order chi connectivity index (χ1) is 16.9. The first-order valence-corrected chi connectivity index (χ1v) is 12.0. The molecule has 0 fully saturated rings. The summed E-state index contributed by atoms with van der Waals surface area (Å²) in [5.74, 6) is -0.133. The number of thiophene rings is 1. The number of ether oxygens (including phenoxy) is 2. The number of fused-ring (bicyclic) bond motifs is 1. The van der Waals surface area contributed by atoms with Crippen molar-refractivity contribution in [3.8, 4) is 16.9 Å². The Morgan fingerprint density at radius 3 is 2.63 bits per heavy atom. The number of hydrogen-bond acceptors (Lipinski definition) is 7. The molecule has 1 amide bonds. The molecule has 2 heterocycles. The lowest BCUT2D eigenvalue weighted by atomic mass is 10.1. The Morgan fingerprint density at radius 2 is 1.91 bits per heavy atom. The smallest absolute Gasteiger partial charge is 0.338 e. The van der Waals surface area contributed by atoms with Crippen LogP contribution in [0.4, 0.5) is 5.69 Å². The molecule has 0 spiro atoms. The number of nitrogens with zero attached hydrogens (tertiary/aromatic N) is 2. The predicted molar refractivity (Wildman–Crippen MR) is 136 cm³/mol. The lowest BCUT2D eigenvalue weighted by molar-refractivity contribution is -0.116. The summed E-state index contributed by atoms with van der Waals surface area (Å²) >= 11 is 1.38. The molecule has 0 saturated heterocycles. The molecule has 0 radical (unpaired) electrons. The van der Waals surface area contributed by atoms with Crippen LogP contribution in [0, 0.1) is 0 Å². The van der Waals surface area contributed by atoms with E-state index in [0.29, 0.717) is 28.1 Å². The molecule has 0 saturated carbocycles. The van der Waals surface area contributed by atoms with Crippen LogP contribution < -0.4 is 15.6 Å². The Kier molecular flexibility index (Phi) is 7.26. The zero-order chi connectivity index (χ0) is 24.9. The molecule has 0 aliphatic rings. The third kappa shape index (κ3) is 5.58. The van der Waals surface area contributed by atoms with Crippen molar-refractivity contribution in [2.45, 2.75) is 33.4 Å². The van der Waals surface area contributed by atoms with Crippen molar-refractivity contribution in [1.29, 1.82) is 0 Å². The van der Waals surface area contributed by atoms with Crippen LogP contribution in [-0.2, 0) is 16.1 Å². The van der Waals surface area contributed by atoms with Crippen molar-refractivity contribution in [2.75, 3.05) is 11.9 Å². The molecule has 2 aromatic heterocycles. The average Bonchev–Trinajstić information content (AvgIpc) is 3.26. The van der Waals surface area contributed by atoms with Crippen molar-refractivity contribution in [2.24, 2.45) is 0 Å². The van der Waals surface area contributed by atoms with Crippen LogP contribution in [0.5, 0.6) is 5.75 Å². The number of carbonyl (C=O) groups excluding carboxylic acids is 2. The number of hydrogen-bond donors (Lipinski definition) is 1. The van der Waals surface area contributed by atoms with E-state index in [9.17, 15) is 14.4 Å². The van der Waals surface area contributed by atoms with Gasteiger partial charge in [-0.1, -0.05) is 18.2 Å². The fraction of sp³-hybridized carbons (Fsp3) is 0.231. The number of esters is 1. The van der Waals surface area contributed by atoms with E-state index < -0.39 is 11.9 Å². The molecule has 0 bridgehead atoms. The molecule has 4 aromatic rings. The largest absolute Gasteiger partial charge is 0.494 e. The highest BCUT2D eigenvalue weighted by molar-refractivity contribution is 7.17. The number of rotatable bonds is 8. The highest BCUT2D eigenvalue weighted by Crippen LogP contribution is 2.31. The zero-order valence-electron chi connectivity index (χ0n) is 19.6. The van der Waals surface area contributed by atoms with Crippen molar-refractivity contribution >= 4 is 39.1 Å². The molecule has 35 heavy (non-hydrogen) atoms. The summed E-state index contributed by atoms with van der Waals surface area (Å²) in [4.78, 5) is 43.1. The van der Waals surface area contributed by atoms with Crippen LogP contribution in [-0.4, -0.2) is 34.1 Å². The van der Waals surface area contributed by atoms with Gasteiger partial charge >= 0.3 is 5.97 Å². The maximum absolute atomic E-state index is 13.3. The second-order valence-corrected chi connectivity index (χ2v) is 8.91. The minimum atomic E-state index is -0.471. The van der Waals surface area contributed by atoms with Crippen LogP contribution in [0.25, 0.3) is 21.3 Å². The Bertz CT molecular complexity index is 1420. The van der Waals surface area contributed by atoms with Crippen LogP contribution in [0.1, 0.15) is 31.1 Å². The topological polar surface area (TPSA) is 99.5 Å². The summed E-state index contributed by atoms with van der Waals surface area (Å²) in [6.45, 7) is 5.80. The maximum atomic E-state index is 13.3. The standard InChI is InChI=1S/C26H25N3O5S/c1-4-33-20-10-8-17(9-11-20)21-14-35-24-23(21)25(31)29(15-27-24)13-22(30)28-19-7-5-6-18(12-19)26(32)34-16(2)3/h5-12,14-16H,4,13H2,1-3H3,(H,28,30). The van der Waals surface area contributed by atoms with Crippen molar-refractivity contribution in [3.63, 3.8) is 0 Å². The van der Waals surface area contributed by atoms with E-state index in [4.69, 9.17) is 9.47 Å². The van der Waals surface area contributed by atoms with E-state index in [-0.39, 0.29) is 18.2 Å². The van der Waals surface area contributed by atoms with Gasteiger partial charge in [0.25, 0.3) is 5.56 Å². The van der Waals surface area contributed by atoms with Gasteiger partial charge in [-0.2, -0.15) is 0 Å². The fourth-order valence-corrected chi connectivity index (χ4v) is 4.46. The van der Waals surface area contributed by atoms with Gasteiger partial charge in [-0.25, -0.2) is 9.78 Å². The van der Waals surface area contributed by atoms with Crippen LogP contribution in [0.2, 0.25) is 0 Å². The Labute approximate surface area is 206 Å². The van der Waals surface area contributed by atoms with Gasteiger partial charge < -0.3 is 14.8 Å². The molecular weight excluding hydrogens is 466 g/mol. The third-order valence-electron chi connectivity index (χ3n) is 5.08. The number of nitrogens with one attached hydrogen (secondary N) is 1. The van der Waals surface area contributed by atoms with Gasteiger partial charge in [0.2, 0.25) is 5.91 Å². The molecule has 1 N–H and O–H groups in total. The van der Waals surface area contributed by atoms with Crippen molar-refractivity contribution in [1.82, 2.24) is 9.55 Å². The SMILES string of the molecule is CCOc1ccc(-c2csc3ncn(CC(=O)Nc4cccc(C(=O)OC(C)C)c4)c(=O)c23)cc1. The van der Waals surface area contributed by atoms with Gasteiger partial charge in [0, 0.05) is 16.6 Å². The lowest BCUT2D eigenvalue weighted by Crippen LogP contribution is -2.27. The summed E-state index contributed by atoms with van der Waals surface area (Å²) in [6, 6.07) is 14.0. The van der Waals surface area contributed by atoms with Gasteiger partial charge in [0.15, 0.2) is 0 Å². The Balaban J connectivity index is 1.54. The number of anilines is 1. The highest BCUT2D eigenvalue weighted by Gasteiger charge is 2.16. The molecule has 9 heteroatoms. The summed E-state index contributed by atoms with van der Waals surface area (Å²) in [6.07, 6.45) is 1.12. The molecule has 0 atom stereocenters. The minimum absolute atomic E-state index is 0.221. The second-order valence-electron chi connectivity index (χ2n) is 8.05. The quantitative estimate of drug-likeness (QED) is 0.358. The number of benzene rings is 2. The summed E-state index contributed by atoms with van der Waals surface area (Å²) in [5.41, 5.74) is 2.09. The normalized spacial score (nSPS) is 11.0. The molecule has 2 aromatic carbocycles. The minimum Gasteiger partial charge on any atom is -0.494 e. The summed E-state index contributed by atoms with van der Waals surface area (Å²) < 4.78 is 12.0. The Morgan fingerprint density at radius 1 is 1.14 bits per heavy atom. The van der Waals surface area contributed by atoms with Crippen LogP contribution >= 0.6 is 11.3 Å². The van der Waals surface area contributed by atoms with E-state index in [1.54, 1.807) is 32.0 Å². The van der Waals surface area contributed by atoms with Gasteiger partial charge in [0.1, 0.15) is 17.1 Å². The number of aromatic nitrogens is 2. The molecular formula is C26H25N3O5S. The van der Waals surface area contributed by atoms with Gasteiger partial charge in [-0.15, -0.1) is 11.3 Å². The molecule has 8 nitrogen and oxygen atoms in total. The summed E-state index contributed by atoms with van der Waals surface area (Å²) in [7, 11) is 0. The van der Waals surface area contributed by atoms with Crippen LogP contribution in [0.15, 0.2) is 65.0 Å². The first-order valence-electron chi connectivity index (χ1n) is 11.2. The van der Waals surface area contributed by atoms with Crippen molar-refractivity contribution < 1.29 is 19.1 Å². The second kappa shape index (κ2) is 10.5. The van der Waals surface area contributed by atoms with E-state index in [2.05, 4.69) is 10.3 Å². The van der Waals surface area contributed by atoms with Crippen LogP contribution in [0.3, 0.4) is 0 Å². The molecule has 0 aliphatic carbocycles. The predicted octanol–water partition coefficient (Wildman–Crippen LogP) is 4.73. The van der Waals surface area contributed by atoms with E-state index in [0.717, 1.165) is 16.9 Å². The zero-order valence-corrected chi connectivity index (χ0v) is 20.4. The number of amides is 1.